The van der Waals surface area contributed by atoms with Crippen molar-refractivity contribution < 1.29 is 9.53 Å². The van der Waals surface area contributed by atoms with E-state index in [9.17, 15) is 4.79 Å². The van der Waals surface area contributed by atoms with Crippen LogP contribution in [0.5, 0.6) is 5.75 Å². The lowest BCUT2D eigenvalue weighted by atomic mass is 9.97. The summed E-state index contributed by atoms with van der Waals surface area (Å²) in [6.07, 6.45) is 2.97. The van der Waals surface area contributed by atoms with Gasteiger partial charge in [-0.2, -0.15) is 0 Å². The number of nitrogens with zero attached hydrogens (tertiary/aromatic N) is 1. The topological polar surface area (TPSA) is 41.6 Å². The number of fused-ring (bicyclic) bond motifs is 1. The van der Waals surface area contributed by atoms with Gasteiger partial charge in [0.05, 0.1) is 18.2 Å². The fourth-order valence-corrected chi connectivity index (χ4v) is 2.84. The van der Waals surface area contributed by atoms with Crippen LogP contribution >= 0.6 is 0 Å². The number of nitrogens with one attached hydrogen (secondary N) is 1. The molecule has 0 spiro atoms. The van der Waals surface area contributed by atoms with E-state index in [4.69, 9.17) is 4.74 Å². The number of benzene rings is 1. The number of carbonyl (C=O) groups is 1. The highest BCUT2D eigenvalue weighted by Gasteiger charge is 2.29. The molecular formula is C15H20N2O2. The summed E-state index contributed by atoms with van der Waals surface area (Å²) in [5.74, 6) is 1.18. The van der Waals surface area contributed by atoms with Gasteiger partial charge in [0.15, 0.2) is 0 Å². The Bertz CT molecular complexity index is 455. The largest absolute Gasteiger partial charge is 0.491 e. The first-order valence-electron chi connectivity index (χ1n) is 7.10. The summed E-state index contributed by atoms with van der Waals surface area (Å²) in [6.45, 7) is 3.28. The van der Waals surface area contributed by atoms with Crippen LogP contribution in [-0.4, -0.2) is 32.1 Å². The fourth-order valence-electron chi connectivity index (χ4n) is 2.84. The molecule has 2 aliphatic rings. The minimum absolute atomic E-state index is 0.111. The highest BCUT2D eigenvalue weighted by atomic mass is 16.5. The zero-order valence-electron chi connectivity index (χ0n) is 11.1. The van der Waals surface area contributed by atoms with E-state index >= 15 is 0 Å². The van der Waals surface area contributed by atoms with Crippen molar-refractivity contribution in [2.24, 2.45) is 5.92 Å². The fraction of sp³-hybridized carbons (Fsp3) is 0.533. The Morgan fingerprint density at radius 3 is 3.05 bits per heavy atom. The van der Waals surface area contributed by atoms with Crippen LogP contribution in [0.25, 0.3) is 0 Å². The first-order chi connectivity index (χ1) is 9.36. The number of piperidine rings is 1. The van der Waals surface area contributed by atoms with E-state index in [2.05, 4.69) is 5.32 Å². The van der Waals surface area contributed by atoms with Crippen molar-refractivity contribution in [3.05, 3.63) is 24.3 Å². The third-order valence-corrected chi connectivity index (χ3v) is 3.85. The summed E-state index contributed by atoms with van der Waals surface area (Å²) in [7, 11) is 0. The number of hydrogen-bond donors (Lipinski definition) is 1. The molecule has 1 N–H and O–H groups in total. The highest BCUT2D eigenvalue weighted by Crippen LogP contribution is 2.32. The predicted molar refractivity (Wildman–Crippen MR) is 74.5 cm³/mol. The van der Waals surface area contributed by atoms with E-state index in [1.165, 1.54) is 0 Å². The summed E-state index contributed by atoms with van der Waals surface area (Å²) in [5, 5.41) is 3.32. The van der Waals surface area contributed by atoms with Crippen molar-refractivity contribution in [1.29, 1.82) is 0 Å². The van der Waals surface area contributed by atoms with Crippen molar-refractivity contribution >= 4 is 11.6 Å². The van der Waals surface area contributed by atoms with Gasteiger partial charge in [-0.05, 0) is 37.9 Å². The first kappa shape index (κ1) is 12.5. The molecule has 0 aliphatic carbocycles. The molecule has 1 atom stereocenters. The smallest absolute Gasteiger partial charge is 0.231 e. The predicted octanol–water partition coefficient (Wildman–Crippen LogP) is 1.80. The minimum Gasteiger partial charge on any atom is -0.491 e. The second-order valence-corrected chi connectivity index (χ2v) is 5.20. The van der Waals surface area contributed by atoms with E-state index in [1.54, 1.807) is 0 Å². The standard InChI is InChI=1S/C15H20N2O2/c18-15(12-5-3-8-16-11-12)17-9-4-10-19-14-7-2-1-6-13(14)17/h1-2,6-7,12,16H,3-5,8-11H2/t12-/m1/s1. The molecule has 0 unspecified atom stereocenters. The van der Waals surface area contributed by atoms with Crippen LogP contribution in [0.2, 0.25) is 0 Å². The second kappa shape index (κ2) is 5.61. The molecule has 1 saturated heterocycles. The lowest BCUT2D eigenvalue weighted by molar-refractivity contribution is -0.122. The van der Waals surface area contributed by atoms with E-state index in [0.717, 1.165) is 50.3 Å². The summed E-state index contributed by atoms with van der Waals surface area (Å²) in [6, 6.07) is 7.84. The van der Waals surface area contributed by atoms with Crippen molar-refractivity contribution in [2.75, 3.05) is 31.1 Å². The number of rotatable bonds is 1. The molecule has 19 heavy (non-hydrogen) atoms. The molecule has 3 rings (SSSR count). The van der Waals surface area contributed by atoms with Crippen LogP contribution in [0.4, 0.5) is 5.69 Å². The molecule has 1 fully saturated rings. The van der Waals surface area contributed by atoms with Gasteiger partial charge in [0.25, 0.3) is 0 Å². The van der Waals surface area contributed by atoms with Gasteiger partial charge in [-0.1, -0.05) is 12.1 Å². The van der Waals surface area contributed by atoms with E-state index in [-0.39, 0.29) is 11.8 Å². The van der Waals surface area contributed by atoms with Gasteiger partial charge in [-0.3, -0.25) is 4.79 Å². The van der Waals surface area contributed by atoms with E-state index < -0.39 is 0 Å². The van der Waals surface area contributed by atoms with Crippen molar-refractivity contribution in [3.63, 3.8) is 0 Å². The quantitative estimate of drug-likeness (QED) is 0.837. The molecule has 4 heteroatoms. The number of para-hydroxylation sites is 2. The van der Waals surface area contributed by atoms with Crippen LogP contribution < -0.4 is 15.0 Å². The molecular weight excluding hydrogens is 240 g/mol. The number of ether oxygens (including phenoxy) is 1. The van der Waals surface area contributed by atoms with Crippen LogP contribution in [0, 0.1) is 5.92 Å². The van der Waals surface area contributed by atoms with Gasteiger partial charge in [-0.15, -0.1) is 0 Å². The van der Waals surface area contributed by atoms with Gasteiger partial charge in [0.2, 0.25) is 5.91 Å². The van der Waals surface area contributed by atoms with Gasteiger partial charge in [0.1, 0.15) is 5.75 Å². The van der Waals surface area contributed by atoms with Crippen molar-refractivity contribution in [1.82, 2.24) is 5.32 Å². The molecule has 1 amide bonds. The zero-order valence-corrected chi connectivity index (χ0v) is 11.1. The molecule has 0 radical (unpaired) electrons. The molecule has 1 aromatic rings. The van der Waals surface area contributed by atoms with Crippen LogP contribution in [0.15, 0.2) is 24.3 Å². The van der Waals surface area contributed by atoms with Crippen molar-refractivity contribution in [2.45, 2.75) is 19.3 Å². The number of amides is 1. The SMILES string of the molecule is O=C([C@@H]1CCCNC1)N1CCCOc2ccccc21. The Balaban J connectivity index is 1.84. The Hall–Kier alpha value is -1.55. The Labute approximate surface area is 113 Å². The first-order valence-corrected chi connectivity index (χ1v) is 7.10. The maximum atomic E-state index is 12.7. The third kappa shape index (κ3) is 2.59. The third-order valence-electron chi connectivity index (χ3n) is 3.85. The zero-order chi connectivity index (χ0) is 13.1. The average Bonchev–Trinajstić information content (AvgIpc) is 2.70. The molecule has 0 bridgehead atoms. The van der Waals surface area contributed by atoms with Crippen LogP contribution in [0.3, 0.4) is 0 Å². The van der Waals surface area contributed by atoms with Gasteiger partial charge in [-0.25, -0.2) is 0 Å². The summed E-state index contributed by atoms with van der Waals surface area (Å²) < 4.78 is 5.71. The van der Waals surface area contributed by atoms with Gasteiger partial charge < -0.3 is 15.0 Å². The molecule has 4 nitrogen and oxygen atoms in total. The van der Waals surface area contributed by atoms with Gasteiger partial charge >= 0.3 is 0 Å². The van der Waals surface area contributed by atoms with Crippen LogP contribution in [0.1, 0.15) is 19.3 Å². The Morgan fingerprint density at radius 2 is 2.21 bits per heavy atom. The lowest BCUT2D eigenvalue weighted by Gasteiger charge is -2.29. The number of anilines is 1. The average molecular weight is 260 g/mol. The normalized spacial score (nSPS) is 23.2. The summed E-state index contributed by atoms with van der Waals surface area (Å²) >= 11 is 0. The molecule has 0 saturated carbocycles. The molecule has 102 valence electrons. The highest BCUT2D eigenvalue weighted by molar-refractivity contribution is 5.96. The Morgan fingerprint density at radius 1 is 1.32 bits per heavy atom. The maximum absolute atomic E-state index is 12.7. The molecule has 2 heterocycles. The lowest BCUT2D eigenvalue weighted by Crippen LogP contribution is -2.43. The van der Waals surface area contributed by atoms with Gasteiger partial charge in [0, 0.05) is 13.1 Å². The Kier molecular flexibility index (Phi) is 3.69. The number of hydrogen-bond acceptors (Lipinski definition) is 3. The monoisotopic (exact) mass is 260 g/mol. The minimum atomic E-state index is 0.111. The maximum Gasteiger partial charge on any atom is 0.231 e. The molecule has 2 aliphatic heterocycles. The molecule has 0 aromatic heterocycles. The molecule has 1 aromatic carbocycles. The number of carbonyl (C=O) groups excluding carboxylic acids is 1. The summed E-state index contributed by atoms with van der Waals surface area (Å²) in [5.41, 5.74) is 0.926. The summed E-state index contributed by atoms with van der Waals surface area (Å²) in [4.78, 5) is 14.6. The van der Waals surface area contributed by atoms with Crippen molar-refractivity contribution in [3.8, 4) is 5.75 Å². The second-order valence-electron chi connectivity index (χ2n) is 5.20. The van der Waals surface area contributed by atoms with Crippen LogP contribution in [-0.2, 0) is 4.79 Å². The van der Waals surface area contributed by atoms with E-state index in [1.807, 2.05) is 29.2 Å². The van der Waals surface area contributed by atoms with E-state index in [0.29, 0.717) is 6.61 Å².